The third-order valence-electron chi connectivity index (χ3n) is 3.27. The Bertz CT molecular complexity index is 482. The molecular weight excluding hydrogens is 238 g/mol. The van der Waals surface area contributed by atoms with E-state index in [-0.39, 0.29) is 11.7 Å². The number of likely N-dealkylation sites (tertiary alicyclic amines) is 1. The van der Waals surface area contributed by atoms with Gasteiger partial charge in [-0.25, -0.2) is 0 Å². The predicted octanol–water partition coefficient (Wildman–Crippen LogP) is 2.53. The van der Waals surface area contributed by atoms with Gasteiger partial charge in [0.15, 0.2) is 5.78 Å². The van der Waals surface area contributed by atoms with Crippen LogP contribution >= 0.6 is 11.6 Å². The van der Waals surface area contributed by atoms with E-state index >= 15 is 0 Å². The number of halogens is 1. The summed E-state index contributed by atoms with van der Waals surface area (Å²) in [6.45, 7) is 4.02. The van der Waals surface area contributed by atoms with Crippen LogP contribution in [0.5, 0.6) is 0 Å². The fourth-order valence-corrected chi connectivity index (χ4v) is 2.30. The summed E-state index contributed by atoms with van der Waals surface area (Å²) in [6.07, 6.45) is 0.420. The van der Waals surface area contributed by atoms with Crippen molar-refractivity contribution in [3.05, 3.63) is 34.9 Å². The molecule has 1 aromatic rings. The maximum Gasteiger partial charge on any atom is 0.256 e. The molecule has 1 aromatic carbocycles. The Labute approximate surface area is 105 Å². The van der Waals surface area contributed by atoms with Crippen molar-refractivity contribution in [3.63, 3.8) is 0 Å². The zero-order valence-electron chi connectivity index (χ0n) is 9.87. The minimum Gasteiger partial charge on any atom is -0.326 e. The molecule has 90 valence electrons. The van der Waals surface area contributed by atoms with E-state index in [1.807, 2.05) is 0 Å². The zero-order chi connectivity index (χ0) is 12.6. The summed E-state index contributed by atoms with van der Waals surface area (Å²) in [6, 6.07) is 6.91. The Balaban J connectivity index is 2.34. The topological polar surface area (TPSA) is 37.4 Å². The SMILES string of the molecule is CC1(C)C(=O)CCN1C(=O)c1ccccc1Cl. The highest BCUT2D eigenvalue weighted by Gasteiger charge is 2.43. The molecule has 1 aliphatic rings. The first-order valence-corrected chi connectivity index (χ1v) is 5.92. The van der Waals surface area contributed by atoms with E-state index in [0.717, 1.165) is 0 Å². The van der Waals surface area contributed by atoms with Crippen molar-refractivity contribution in [1.82, 2.24) is 4.90 Å². The highest BCUT2D eigenvalue weighted by atomic mass is 35.5. The third kappa shape index (κ3) is 1.95. The number of carbonyl (C=O) groups is 2. The second-order valence-corrected chi connectivity index (χ2v) is 5.08. The molecule has 0 N–H and O–H groups in total. The van der Waals surface area contributed by atoms with Gasteiger partial charge in [0.1, 0.15) is 0 Å². The van der Waals surface area contributed by atoms with Gasteiger partial charge < -0.3 is 4.90 Å². The van der Waals surface area contributed by atoms with E-state index in [1.54, 1.807) is 43.0 Å². The highest BCUT2D eigenvalue weighted by Crippen LogP contribution is 2.28. The number of benzene rings is 1. The number of nitrogens with zero attached hydrogens (tertiary/aromatic N) is 1. The van der Waals surface area contributed by atoms with Crippen LogP contribution in [-0.4, -0.2) is 28.7 Å². The van der Waals surface area contributed by atoms with E-state index < -0.39 is 5.54 Å². The summed E-state index contributed by atoms with van der Waals surface area (Å²) in [5.74, 6) is -0.0793. The third-order valence-corrected chi connectivity index (χ3v) is 3.60. The lowest BCUT2D eigenvalue weighted by atomic mass is 10.00. The van der Waals surface area contributed by atoms with E-state index in [9.17, 15) is 9.59 Å². The second kappa shape index (κ2) is 4.15. The molecule has 0 atom stereocenters. The van der Waals surface area contributed by atoms with Crippen LogP contribution in [0.15, 0.2) is 24.3 Å². The largest absolute Gasteiger partial charge is 0.326 e. The Hall–Kier alpha value is -1.35. The zero-order valence-corrected chi connectivity index (χ0v) is 10.6. The van der Waals surface area contributed by atoms with Gasteiger partial charge in [0.05, 0.1) is 16.1 Å². The average Bonchev–Trinajstić information content (AvgIpc) is 2.54. The fourth-order valence-electron chi connectivity index (χ4n) is 2.08. The normalized spacial score (nSPS) is 18.5. The van der Waals surface area contributed by atoms with Crippen LogP contribution in [-0.2, 0) is 4.79 Å². The number of ketones is 1. The van der Waals surface area contributed by atoms with Crippen molar-refractivity contribution >= 4 is 23.3 Å². The lowest BCUT2D eigenvalue weighted by Crippen LogP contribution is -2.46. The Morgan fingerprint density at radius 1 is 1.35 bits per heavy atom. The molecule has 3 nitrogen and oxygen atoms in total. The standard InChI is InChI=1S/C13H14ClNO2/c1-13(2)11(16)7-8-15(13)12(17)9-5-3-4-6-10(9)14/h3-6H,7-8H2,1-2H3. The summed E-state index contributed by atoms with van der Waals surface area (Å²) < 4.78 is 0. The minimum atomic E-state index is -0.726. The van der Waals surface area contributed by atoms with Crippen molar-refractivity contribution in [1.29, 1.82) is 0 Å². The molecule has 1 heterocycles. The van der Waals surface area contributed by atoms with Gasteiger partial charge in [0.2, 0.25) is 0 Å². The number of hydrogen-bond acceptors (Lipinski definition) is 2. The predicted molar refractivity (Wildman–Crippen MR) is 66.2 cm³/mol. The first-order chi connectivity index (χ1) is 7.94. The fraction of sp³-hybridized carbons (Fsp3) is 0.385. The molecule has 17 heavy (non-hydrogen) atoms. The van der Waals surface area contributed by atoms with Gasteiger partial charge in [-0.3, -0.25) is 9.59 Å². The molecule has 0 aromatic heterocycles. The summed E-state index contributed by atoms with van der Waals surface area (Å²) in [7, 11) is 0. The molecule has 1 aliphatic heterocycles. The summed E-state index contributed by atoms with van der Waals surface area (Å²) >= 11 is 5.99. The monoisotopic (exact) mass is 251 g/mol. The van der Waals surface area contributed by atoms with Gasteiger partial charge in [0.25, 0.3) is 5.91 Å². The molecule has 1 fully saturated rings. The first kappa shape index (κ1) is 12.1. The molecule has 2 rings (SSSR count). The maximum atomic E-state index is 12.3. The van der Waals surface area contributed by atoms with Crippen LogP contribution in [0.2, 0.25) is 5.02 Å². The molecule has 0 spiro atoms. The Morgan fingerprint density at radius 2 is 2.00 bits per heavy atom. The van der Waals surface area contributed by atoms with Gasteiger partial charge in [-0.05, 0) is 26.0 Å². The lowest BCUT2D eigenvalue weighted by molar-refractivity contribution is -0.123. The van der Waals surface area contributed by atoms with E-state index in [2.05, 4.69) is 0 Å². The first-order valence-electron chi connectivity index (χ1n) is 5.54. The number of carbonyl (C=O) groups excluding carboxylic acids is 2. The molecule has 0 radical (unpaired) electrons. The quantitative estimate of drug-likeness (QED) is 0.769. The van der Waals surface area contributed by atoms with Gasteiger partial charge in [-0.2, -0.15) is 0 Å². The molecule has 0 saturated carbocycles. The van der Waals surface area contributed by atoms with Crippen LogP contribution in [0.3, 0.4) is 0 Å². The molecule has 4 heteroatoms. The molecule has 0 bridgehead atoms. The molecule has 0 aliphatic carbocycles. The van der Waals surface area contributed by atoms with Crippen LogP contribution in [0.1, 0.15) is 30.6 Å². The highest BCUT2D eigenvalue weighted by molar-refractivity contribution is 6.33. The minimum absolute atomic E-state index is 0.0953. The average molecular weight is 252 g/mol. The molecule has 0 unspecified atom stereocenters. The summed E-state index contributed by atoms with van der Waals surface area (Å²) in [5.41, 5.74) is -0.270. The van der Waals surface area contributed by atoms with E-state index in [0.29, 0.717) is 23.6 Å². The summed E-state index contributed by atoms with van der Waals surface area (Å²) in [4.78, 5) is 25.6. The van der Waals surface area contributed by atoms with Crippen molar-refractivity contribution in [2.45, 2.75) is 25.8 Å². The van der Waals surface area contributed by atoms with Crippen molar-refractivity contribution < 1.29 is 9.59 Å². The Morgan fingerprint density at radius 3 is 2.53 bits per heavy atom. The van der Waals surface area contributed by atoms with Crippen LogP contribution < -0.4 is 0 Å². The Kier molecular flexibility index (Phi) is 2.96. The number of Topliss-reactive ketones (excluding diaryl/α,β-unsaturated/α-hetero) is 1. The second-order valence-electron chi connectivity index (χ2n) is 4.67. The van der Waals surface area contributed by atoms with Crippen molar-refractivity contribution in [2.24, 2.45) is 0 Å². The van der Waals surface area contributed by atoms with Crippen LogP contribution in [0.4, 0.5) is 0 Å². The molecular formula is C13H14ClNO2. The number of rotatable bonds is 1. The van der Waals surface area contributed by atoms with Crippen molar-refractivity contribution in [2.75, 3.05) is 6.54 Å². The van der Waals surface area contributed by atoms with Crippen molar-refractivity contribution in [3.8, 4) is 0 Å². The van der Waals surface area contributed by atoms with Crippen LogP contribution in [0, 0.1) is 0 Å². The van der Waals surface area contributed by atoms with Gasteiger partial charge in [0, 0.05) is 13.0 Å². The van der Waals surface area contributed by atoms with Gasteiger partial charge >= 0.3 is 0 Å². The van der Waals surface area contributed by atoms with E-state index in [1.165, 1.54) is 0 Å². The number of amides is 1. The van der Waals surface area contributed by atoms with Gasteiger partial charge in [-0.1, -0.05) is 23.7 Å². The lowest BCUT2D eigenvalue weighted by Gasteiger charge is -2.30. The van der Waals surface area contributed by atoms with E-state index in [4.69, 9.17) is 11.6 Å². The summed E-state index contributed by atoms with van der Waals surface area (Å²) in [5, 5.41) is 0.424. The van der Waals surface area contributed by atoms with Crippen LogP contribution in [0.25, 0.3) is 0 Å². The number of hydrogen-bond donors (Lipinski definition) is 0. The maximum absolute atomic E-state index is 12.3. The van der Waals surface area contributed by atoms with Gasteiger partial charge in [-0.15, -0.1) is 0 Å². The smallest absolute Gasteiger partial charge is 0.256 e. The molecule has 1 amide bonds. The molecule has 1 saturated heterocycles.